The molecular formula is C13H25NO5. The molecule has 0 amide bonds. The van der Waals surface area contributed by atoms with Crippen LogP contribution in [0, 0.1) is 22.0 Å². The minimum absolute atomic E-state index is 0.316. The summed E-state index contributed by atoms with van der Waals surface area (Å²) < 4.78 is 10.2. The van der Waals surface area contributed by atoms with Gasteiger partial charge in [-0.3, -0.25) is 10.1 Å². The van der Waals surface area contributed by atoms with Crippen LogP contribution in [0.3, 0.4) is 0 Å². The molecule has 0 aromatic carbocycles. The summed E-state index contributed by atoms with van der Waals surface area (Å²) in [7, 11) is 2.86. The Morgan fingerprint density at radius 2 is 1.84 bits per heavy atom. The molecule has 0 heterocycles. The van der Waals surface area contributed by atoms with Crippen molar-refractivity contribution in [2.24, 2.45) is 11.8 Å². The van der Waals surface area contributed by atoms with Crippen molar-refractivity contribution in [1.82, 2.24) is 0 Å². The number of hydrogen-bond acceptors (Lipinski definition) is 5. The van der Waals surface area contributed by atoms with Gasteiger partial charge in [0.1, 0.15) is 6.29 Å². The molecule has 0 saturated carbocycles. The lowest BCUT2D eigenvalue weighted by Gasteiger charge is -2.26. The van der Waals surface area contributed by atoms with Gasteiger partial charge in [0.15, 0.2) is 6.29 Å². The standard InChI is InChI=1S/C13H25NO5/c1-4-5-6-7-8-11(10-15)12(9-14(16)17)13(18-2)19-3/h10-13H,4-9H2,1-3H3/t11-,12-/m0/s1. The van der Waals surface area contributed by atoms with E-state index >= 15 is 0 Å². The minimum atomic E-state index is -0.716. The first kappa shape index (κ1) is 18.0. The number of hydrogen-bond donors (Lipinski definition) is 0. The molecule has 0 N–H and O–H groups in total. The molecule has 0 spiro atoms. The van der Waals surface area contributed by atoms with Crippen LogP contribution in [0.1, 0.15) is 39.0 Å². The second kappa shape index (κ2) is 10.9. The van der Waals surface area contributed by atoms with Crippen molar-refractivity contribution < 1.29 is 19.2 Å². The number of nitrogens with zero attached hydrogens (tertiary/aromatic N) is 1. The highest BCUT2D eigenvalue weighted by Crippen LogP contribution is 2.23. The summed E-state index contributed by atoms with van der Waals surface area (Å²) in [5.41, 5.74) is 0. The van der Waals surface area contributed by atoms with Crippen LogP contribution >= 0.6 is 0 Å². The molecule has 0 rings (SSSR count). The summed E-state index contributed by atoms with van der Waals surface area (Å²) >= 11 is 0. The second-order valence-electron chi connectivity index (χ2n) is 4.67. The molecule has 0 aromatic rings. The van der Waals surface area contributed by atoms with Crippen LogP contribution in [-0.4, -0.2) is 38.3 Å². The molecule has 0 aromatic heterocycles. The van der Waals surface area contributed by atoms with Gasteiger partial charge in [-0.2, -0.15) is 0 Å². The van der Waals surface area contributed by atoms with Crippen molar-refractivity contribution in [3.05, 3.63) is 10.1 Å². The van der Waals surface area contributed by atoms with Gasteiger partial charge in [0.2, 0.25) is 6.54 Å². The molecule has 0 bridgehead atoms. The lowest BCUT2D eigenvalue weighted by atomic mass is 9.88. The molecule has 19 heavy (non-hydrogen) atoms. The third-order valence-corrected chi connectivity index (χ3v) is 3.29. The molecule has 0 saturated heterocycles. The van der Waals surface area contributed by atoms with Crippen molar-refractivity contribution >= 4 is 6.29 Å². The predicted molar refractivity (Wildman–Crippen MR) is 71.5 cm³/mol. The van der Waals surface area contributed by atoms with Crippen LogP contribution in [-0.2, 0) is 14.3 Å². The summed E-state index contributed by atoms with van der Waals surface area (Å²) in [5, 5.41) is 10.7. The maximum Gasteiger partial charge on any atom is 0.212 e. The maximum absolute atomic E-state index is 11.2. The highest BCUT2D eigenvalue weighted by molar-refractivity contribution is 5.54. The molecular weight excluding hydrogens is 250 g/mol. The van der Waals surface area contributed by atoms with Gasteiger partial charge in [-0.1, -0.05) is 32.6 Å². The number of carbonyl (C=O) groups excluding carboxylic acids is 1. The van der Waals surface area contributed by atoms with E-state index < -0.39 is 23.0 Å². The normalized spacial score (nSPS) is 14.3. The first-order valence-electron chi connectivity index (χ1n) is 6.73. The molecule has 0 aliphatic heterocycles. The van der Waals surface area contributed by atoms with Crippen molar-refractivity contribution in [2.75, 3.05) is 20.8 Å². The smallest absolute Gasteiger partial charge is 0.212 e. The number of ether oxygens (including phenoxy) is 2. The van der Waals surface area contributed by atoms with Crippen molar-refractivity contribution in [3.8, 4) is 0 Å². The molecule has 112 valence electrons. The molecule has 0 aliphatic carbocycles. The first-order valence-corrected chi connectivity index (χ1v) is 6.73. The summed E-state index contributed by atoms with van der Waals surface area (Å²) in [6, 6.07) is 0. The third kappa shape index (κ3) is 7.22. The highest BCUT2D eigenvalue weighted by Gasteiger charge is 2.33. The fourth-order valence-corrected chi connectivity index (χ4v) is 2.23. The predicted octanol–water partition coefficient (Wildman–Crippen LogP) is 2.28. The molecule has 0 unspecified atom stereocenters. The van der Waals surface area contributed by atoms with E-state index in [4.69, 9.17) is 9.47 Å². The Kier molecular flexibility index (Phi) is 10.3. The van der Waals surface area contributed by atoms with E-state index in [2.05, 4.69) is 6.92 Å². The average Bonchev–Trinajstić information content (AvgIpc) is 2.39. The van der Waals surface area contributed by atoms with Gasteiger partial charge in [-0.05, 0) is 6.42 Å². The lowest BCUT2D eigenvalue weighted by Crippen LogP contribution is -2.37. The summed E-state index contributed by atoms with van der Waals surface area (Å²) in [6.45, 7) is 1.79. The summed E-state index contributed by atoms with van der Waals surface area (Å²) in [4.78, 5) is 21.5. The molecule has 6 heteroatoms. The van der Waals surface area contributed by atoms with E-state index in [1.54, 1.807) is 0 Å². The van der Waals surface area contributed by atoms with E-state index in [1.165, 1.54) is 14.2 Å². The molecule has 0 fully saturated rings. The molecule has 6 nitrogen and oxygen atoms in total. The quantitative estimate of drug-likeness (QED) is 0.179. The van der Waals surface area contributed by atoms with Gasteiger partial charge in [0.05, 0.1) is 5.92 Å². The Bertz CT molecular complexity index is 255. The largest absolute Gasteiger partial charge is 0.355 e. The van der Waals surface area contributed by atoms with Gasteiger partial charge >= 0.3 is 0 Å². The number of rotatable bonds is 12. The Labute approximate surface area is 114 Å². The third-order valence-electron chi connectivity index (χ3n) is 3.29. The SMILES string of the molecule is CCCCCC[C@@H](C=O)[C@H](C[N+](=O)[O-])C(OC)OC. The monoisotopic (exact) mass is 275 g/mol. The van der Waals surface area contributed by atoms with Gasteiger partial charge in [-0.25, -0.2) is 0 Å². The second-order valence-corrected chi connectivity index (χ2v) is 4.67. The van der Waals surface area contributed by atoms with Crippen LogP contribution < -0.4 is 0 Å². The zero-order valence-corrected chi connectivity index (χ0v) is 12.0. The molecule has 0 radical (unpaired) electrons. The number of methoxy groups -OCH3 is 2. The van der Waals surface area contributed by atoms with Crippen molar-refractivity contribution in [3.63, 3.8) is 0 Å². The Morgan fingerprint density at radius 1 is 1.21 bits per heavy atom. The van der Waals surface area contributed by atoms with Crippen LogP contribution in [0.2, 0.25) is 0 Å². The van der Waals surface area contributed by atoms with Crippen LogP contribution in [0.5, 0.6) is 0 Å². The fourth-order valence-electron chi connectivity index (χ4n) is 2.23. The van der Waals surface area contributed by atoms with E-state index in [1.807, 2.05) is 0 Å². The van der Waals surface area contributed by atoms with Crippen LogP contribution in [0.25, 0.3) is 0 Å². The zero-order chi connectivity index (χ0) is 14.7. The molecule has 0 aliphatic rings. The number of carbonyl (C=O) groups is 1. The van der Waals surface area contributed by atoms with Gasteiger partial charge in [0.25, 0.3) is 0 Å². The lowest BCUT2D eigenvalue weighted by molar-refractivity contribution is -0.495. The zero-order valence-electron chi connectivity index (χ0n) is 12.0. The Balaban J connectivity index is 4.57. The Hall–Kier alpha value is -1.01. The number of unbranched alkanes of at least 4 members (excludes halogenated alkanes) is 3. The topological polar surface area (TPSA) is 78.7 Å². The number of nitro groups is 1. The van der Waals surface area contributed by atoms with Gasteiger partial charge in [0, 0.05) is 25.1 Å². The number of aldehydes is 1. The van der Waals surface area contributed by atoms with E-state index in [0.717, 1.165) is 32.0 Å². The Morgan fingerprint density at radius 3 is 2.26 bits per heavy atom. The summed E-state index contributed by atoms with van der Waals surface area (Å²) in [5.74, 6) is -0.934. The van der Waals surface area contributed by atoms with Crippen molar-refractivity contribution in [1.29, 1.82) is 0 Å². The highest BCUT2D eigenvalue weighted by atomic mass is 16.7. The van der Waals surface area contributed by atoms with Crippen molar-refractivity contribution in [2.45, 2.75) is 45.3 Å². The first-order chi connectivity index (χ1) is 9.10. The molecule has 2 atom stereocenters. The van der Waals surface area contributed by atoms with E-state index in [9.17, 15) is 14.9 Å². The van der Waals surface area contributed by atoms with Gasteiger partial charge in [-0.15, -0.1) is 0 Å². The van der Waals surface area contributed by atoms with Gasteiger partial charge < -0.3 is 14.3 Å². The average molecular weight is 275 g/mol. The minimum Gasteiger partial charge on any atom is -0.355 e. The van der Waals surface area contributed by atoms with Crippen LogP contribution in [0.15, 0.2) is 0 Å². The fraction of sp³-hybridized carbons (Fsp3) is 0.923. The van der Waals surface area contributed by atoms with Crippen LogP contribution in [0.4, 0.5) is 0 Å². The van der Waals surface area contributed by atoms with E-state index in [0.29, 0.717) is 6.42 Å². The summed E-state index contributed by atoms with van der Waals surface area (Å²) in [6.07, 6.45) is 4.89. The van der Waals surface area contributed by atoms with E-state index in [-0.39, 0.29) is 6.54 Å². The maximum atomic E-state index is 11.2.